The molecule has 0 aliphatic carbocycles. The Hall–Kier alpha value is -4.47. The van der Waals surface area contributed by atoms with Crippen LogP contribution in [0, 0.1) is 12.1 Å². The van der Waals surface area contributed by atoms with E-state index in [4.69, 9.17) is 0 Å². The fourth-order valence-electron chi connectivity index (χ4n) is 5.41. The number of para-hydroxylation sites is 2. The minimum atomic E-state index is 0. The van der Waals surface area contributed by atoms with E-state index in [1.165, 1.54) is 10.8 Å². The zero-order valence-corrected chi connectivity index (χ0v) is 22.3. The summed E-state index contributed by atoms with van der Waals surface area (Å²) in [6.45, 7) is 0. The van der Waals surface area contributed by atoms with E-state index in [2.05, 4.69) is 104 Å². The molecule has 0 amide bonds. The quantitative estimate of drug-likeness (QED) is 0.169. The fourth-order valence-corrected chi connectivity index (χ4v) is 5.41. The third-order valence-electron chi connectivity index (χ3n) is 7.01. The molecule has 0 saturated carbocycles. The molecule has 5 nitrogen and oxygen atoms in total. The molecule has 0 unspecified atom stereocenters. The van der Waals surface area contributed by atoms with Gasteiger partial charge in [-0.1, -0.05) is 65.3 Å². The van der Waals surface area contributed by atoms with E-state index in [0.717, 1.165) is 50.0 Å². The Morgan fingerprint density at radius 2 is 1.32 bits per heavy atom. The summed E-state index contributed by atoms with van der Waals surface area (Å²) in [7, 11) is 0. The van der Waals surface area contributed by atoms with Crippen LogP contribution in [0.4, 0.5) is 0 Å². The molecule has 0 bridgehead atoms. The normalized spacial score (nSPS) is 11.5. The predicted molar refractivity (Wildman–Crippen MR) is 145 cm³/mol. The molecule has 4 aromatic heterocycles. The van der Waals surface area contributed by atoms with Crippen LogP contribution in [-0.4, -0.2) is 14.1 Å². The van der Waals surface area contributed by atoms with Crippen LogP contribution in [0.2, 0.25) is 0 Å². The van der Waals surface area contributed by atoms with Crippen molar-refractivity contribution in [3.63, 3.8) is 0 Å². The predicted octanol–water partition coefficient (Wildman–Crippen LogP) is 6.11. The van der Waals surface area contributed by atoms with Crippen molar-refractivity contribution in [3.05, 3.63) is 128 Å². The molecule has 0 fully saturated rings. The van der Waals surface area contributed by atoms with Crippen molar-refractivity contribution in [1.82, 2.24) is 19.2 Å². The average Bonchev–Trinajstić information content (AvgIpc) is 3.68. The van der Waals surface area contributed by atoms with E-state index in [-0.39, 0.29) is 21.1 Å². The van der Waals surface area contributed by atoms with Crippen molar-refractivity contribution in [3.8, 4) is 17.2 Å². The van der Waals surface area contributed by atoms with Gasteiger partial charge in [0.2, 0.25) is 0 Å². The monoisotopic (exact) mass is 668 g/mol. The summed E-state index contributed by atoms with van der Waals surface area (Å²) >= 11 is 0. The molecule has 8 aromatic rings. The summed E-state index contributed by atoms with van der Waals surface area (Å²) in [6, 6.07) is 40.8. The number of aromatic nitrogens is 5. The van der Waals surface area contributed by atoms with Gasteiger partial charge in [-0.3, -0.25) is 4.68 Å². The van der Waals surface area contributed by atoms with Gasteiger partial charge in [0.25, 0.3) is 0 Å². The summed E-state index contributed by atoms with van der Waals surface area (Å²) in [6.07, 6.45) is 5.55. The Morgan fingerprint density at radius 1 is 0.632 bits per heavy atom. The van der Waals surface area contributed by atoms with Crippen molar-refractivity contribution < 1.29 is 25.7 Å². The topological polar surface area (TPSA) is 40.7 Å². The summed E-state index contributed by atoms with van der Waals surface area (Å²) in [5.74, 6) is 0.872. The molecule has 4 aromatic carbocycles. The van der Waals surface area contributed by atoms with Crippen molar-refractivity contribution in [1.29, 1.82) is 0 Å². The summed E-state index contributed by atoms with van der Waals surface area (Å²) < 4.78 is 6.28. The first-order valence-corrected chi connectivity index (χ1v) is 12.2. The molecule has 184 valence electrons. The molecule has 0 saturated heterocycles. The SMILES string of the molecule is [Pt].[c-]1c(-[n+]2ccc[n-]2)ccc2c3ccccc3n(-c3[c-]c4c(cc3)c3ccccc3n4-c3ccccn3)c12. The van der Waals surface area contributed by atoms with Gasteiger partial charge >= 0.3 is 0 Å². The Kier molecular flexibility index (Phi) is 5.27. The molecule has 0 aliphatic rings. The maximum absolute atomic E-state index is 4.67. The van der Waals surface area contributed by atoms with Crippen LogP contribution in [0.3, 0.4) is 0 Å². The van der Waals surface area contributed by atoms with Crippen LogP contribution in [0.5, 0.6) is 0 Å². The van der Waals surface area contributed by atoms with Gasteiger partial charge in [0.1, 0.15) is 5.82 Å². The molecule has 0 spiro atoms. The van der Waals surface area contributed by atoms with Crippen molar-refractivity contribution in [2.24, 2.45) is 0 Å². The Morgan fingerprint density at radius 3 is 2.03 bits per heavy atom. The number of nitrogens with zero attached hydrogens (tertiary/aromatic N) is 5. The molecular formula is C32H19N5Pt-2. The zero-order chi connectivity index (χ0) is 24.3. The first-order chi connectivity index (χ1) is 18.4. The summed E-state index contributed by atoms with van der Waals surface area (Å²) in [5, 5.41) is 9.07. The van der Waals surface area contributed by atoms with E-state index < -0.39 is 0 Å². The van der Waals surface area contributed by atoms with Gasteiger partial charge in [-0.15, -0.1) is 35.2 Å². The van der Waals surface area contributed by atoms with Gasteiger partial charge in [0.05, 0.1) is 5.69 Å². The van der Waals surface area contributed by atoms with Gasteiger partial charge in [0.15, 0.2) is 6.20 Å². The molecule has 0 radical (unpaired) electrons. The second kappa shape index (κ2) is 8.83. The van der Waals surface area contributed by atoms with Crippen LogP contribution in [0.1, 0.15) is 0 Å². The largest absolute Gasteiger partial charge is 0.414 e. The van der Waals surface area contributed by atoms with Gasteiger partial charge < -0.3 is 14.2 Å². The maximum Gasteiger partial charge on any atom is 0.161 e. The van der Waals surface area contributed by atoms with Gasteiger partial charge in [0, 0.05) is 38.3 Å². The molecule has 4 heterocycles. The number of hydrogen-bond acceptors (Lipinski definition) is 1. The molecule has 0 N–H and O–H groups in total. The van der Waals surface area contributed by atoms with Crippen LogP contribution in [-0.2, 0) is 21.1 Å². The Labute approximate surface area is 232 Å². The molecule has 0 aliphatic heterocycles. The number of hydrogen-bond donors (Lipinski definition) is 0. The second-order valence-electron chi connectivity index (χ2n) is 9.06. The third-order valence-corrected chi connectivity index (χ3v) is 7.01. The van der Waals surface area contributed by atoms with Crippen LogP contribution in [0.25, 0.3) is 60.8 Å². The van der Waals surface area contributed by atoms with Crippen molar-refractivity contribution in [2.75, 3.05) is 0 Å². The smallest absolute Gasteiger partial charge is 0.161 e. The molecule has 0 atom stereocenters. The van der Waals surface area contributed by atoms with E-state index in [0.29, 0.717) is 0 Å². The van der Waals surface area contributed by atoms with Crippen LogP contribution >= 0.6 is 0 Å². The standard InChI is InChI=1S/C32H19N5.Pt/c1-3-10-28-24(8-1)26-15-13-22(35-19-7-18-34-35)20-30(26)36(28)23-14-16-27-25-9-2-4-11-29(25)37(31(27)21-23)32-12-5-6-17-33-32;/h1-19H;/q-2;. The van der Waals surface area contributed by atoms with Crippen LogP contribution in [0.15, 0.2) is 116 Å². The van der Waals surface area contributed by atoms with Crippen molar-refractivity contribution >= 4 is 43.6 Å². The minimum absolute atomic E-state index is 0. The summed E-state index contributed by atoms with van der Waals surface area (Å²) in [4.78, 5) is 4.67. The molecular weight excluding hydrogens is 649 g/mol. The third kappa shape index (κ3) is 3.29. The number of rotatable bonds is 3. The number of fused-ring (bicyclic) bond motifs is 6. The molecule has 6 heteroatoms. The van der Waals surface area contributed by atoms with E-state index in [1.54, 1.807) is 6.20 Å². The van der Waals surface area contributed by atoms with Gasteiger partial charge in [-0.05, 0) is 41.1 Å². The van der Waals surface area contributed by atoms with E-state index in [1.807, 2.05) is 41.3 Å². The fraction of sp³-hybridized carbons (Fsp3) is 0. The van der Waals surface area contributed by atoms with Crippen LogP contribution < -0.4 is 9.78 Å². The Bertz CT molecular complexity index is 2090. The molecule has 8 rings (SSSR count). The Balaban J connectivity index is 0.00000242. The minimum Gasteiger partial charge on any atom is -0.414 e. The first-order valence-electron chi connectivity index (χ1n) is 12.2. The maximum atomic E-state index is 4.67. The van der Waals surface area contributed by atoms with Gasteiger partial charge in [-0.2, -0.15) is 12.1 Å². The molecule has 38 heavy (non-hydrogen) atoms. The average molecular weight is 669 g/mol. The van der Waals surface area contributed by atoms with Crippen molar-refractivity contribution in [2.45, 2.75) is 0 Å². The van der Waals surface area contributed by atoms with E-state index >= 15 is 0 Å². The zero-order valence-electron chi connectivity index (χ0n) is 20.0. The number of benzene rings is 4. The second-order valence-corrected chi connectivity index (χ2v) is 9.06. The summed E-state index contributed by atoms with van der Waals surface area (Å²) in [5.41, 5.74) is 6.05. The number of pyridine rings is 1. The first kappa shape index (κ1) is 22.7. The van der Waals surface area contributed by atoms with E-state index in [9.17, 15) is 0 Å². The van der Waals surface area contributed by atoms with Gasteiger partial charge in [-0.25, -0.2) is 4.98 Å².